The number of nitrogens with one attached hydrogen (secondary N) is 1. The van der Waals surface area contributed by atoms with Crippen LogP contribution in [0.2, 0.25) is 0 Å². The van der Waals surface area contributed by atoms with Gasteiger partial charge in [-0.1, -0.05) is 22.5 Å². The topological polar surface area (TPSA) is 41.5 Å². The molecule has 0 spiro atoms. The predicted molar refractivity (Wildman–Crippen MR) is 81.1 cm³/mol. The van der Waals surface area contributed by atoms with Crippen molar-refractivity contribution >= 4 is 28.6 Å². The van der Waals surface area contributed by atoms with Gasteiger partial charge in [-0.15, -0.1) is 0 Å². The summed E-state index contributed by atoms with van der Waals surface area (Å²) in [7, 11) is 0. The highest BCUT2D eigenvalue weighted by Gasteiger charge is 2.23. The molecule has 1 aromatic rings. The van der Waals surface area contributed by atoms with Crippen LogP contribution in [0.4, 0.5) is 0 Å². The number of carbonyl (C=O) groups excluding carboxylic acids is 1. The number of benzene rings is 1. The maximum atomic E-state index is 12.0. The van der Waals surface area contributed by atoms with Crippen LogP contribution in [0.3, 0.4) is 0 Å². The van der Waals surface area contributed by atoms with E-state index in [1.165, 1.54) is 12.8 Å². The Morgan fingerprint density at radius 3 is 2.53 bits per heavy atom. The fourth-order valence-electron chi connectivity index (χ4n) is 1.66. The van der Waals surface area contributed by atoms with Crippen LogP contribution in [-0.2, 0) is 0 Å². The monoisotopic (exact) mass is 318 g/mol. The molecule has 1 aliphatic carbocycles. The van der Waals surface area contributed by atoms with Crippen LogP contribution < -0.4 is 5.32 Å². The minimum absolute atomic E-state index is 0.199. The van der Waals surface area contributed by atoms with Gasteiger partial charge < -0.3 is 5.32 Å². The van der Waals surface area contributed by atoms with Gasteiger partial charge in [-0.05, 0) is 61.4 Å². The molecule has 0 unspecified atom stereocenters. The van der Waals surface area contributed by atoms with Crippen molar-refractivity contribution in [2.24, 2.45) is 10.9 Å². The van der Waals surface area contributed by atoms with Crippen molar-refractivity contribution < 1.29 is 4.79 Å². The summed E-state index contributed by atoms with van der Waals surface area (Å²) < 4.78 is 0.934. The molecule has 0 aromatic heterocycles. The Kier molecular flexibility index (Phi) is 4.32. The average molecular weight is 319 g/mol. The van der Waals surface area contributed by atoms with E-state index in [0.717, 1.165) is 10.0 Å². The Hall–Kier alpha value is -1.68. The Bertz CT molecular complexity index is 542. The fourth-order valence-corrected chi connectivity index (χ4v) is 1.92. The zero-order valence-corrected chi connectivity index (χ0v) is 12.1. The smallest absolute Gasteiger partial charge is 0.256 e. The van der Waals surface area contributed by atoms with Gasteiger partial charge in [0.15, 0.2) is 0 Å². The molecule has 1 N–H and O–H groups in total. The first-order valence-electron chi connectivity index (χ1n) is 6.04. The van der Waals surface area contributed by atoms with Gasteiger partial charge in [0.1, 0.15) is 5.82 Å². The first-order chi connectivity index (χ1) is 9.10. The molecule has 0 heterocycles. The Balaban J connectivity index is 2.05. The lowest BCUT2D eigenvalue weighted by Crippen LogP contribution is -2.21. The summed E-state index contributed by atoms with van der Waals surface area (Å²) in [4.78, 5) is 15.8. The average Bonchev–Trinajstić information content (AvgIpc) is 3.22. The molecule has 98 valence electrons. The van der Waals surface area contributed by atoms with Crippen molar-refractivity contribution in [2.75, 3.05) is 0 Å². The molecule has 0 bridgehead atoms. The van der Waals surface area contributed by atoms with E-state index >= 15 is 0 Å². The van der Waals surface area contributed by atoms with E-state index in [2.05, 4.69) is 39.5 Å². The standard InChI is InChI=1S/C15H15BrN2O/c1-10(11-3-4-11)9-14(17-2)18-15(19)12-5-7-13(16)8-6-12/h5-9,11H,1-4H2,(H,18,19)/b14-9+. The highest BCUT2D eigenvalue weighted by Crippen LogP contribution is 2.36. The van der Waals surface area contributed by atoms with Crippen molar-refractivity contribution in [1.82, 2.24) is 5.32 Å². The number of halogens is 1. The van der Waals surface area contributed by atoms with Gasteiger partial charge in [0, 0.05) is 10.0 Å². The first-order valence-corrected chi connectivity index (χ1v) is 6.83. The quantitative estimate of drug-likeness (QED) is 0.653. The first kappa shape index (κ1) is 13.7. The molecule has 1 aliphatic rings. The van der Waals surface area contributed by atoms with Gasteiger partial charge in [-0.25, -0.2) is 4.99 Å². The minimum atomic E-state index is -0.199. The van der Waals surface area contributed by atoms with E-state index in [1.54, 1.807) is 18.2 Å². The van der Waals surface area contributed by atoms with E-state index in [-0.39, 0.29) is 5.91 Å². The SMILES string of the molecule is C=N/C(=C\C(=C)C1CC1)NC(=O)c1ccc(Br)cc1. The molecule has 19 heavy (non-hydrogen) atoms. The zero-order chi connectivity index (χ0) is 13.8. The maximum Gasteiger partial charge on any atom is 0.256 e. The van der Waals surface area contributed by atoms with Gasteiger partial charge in [-0.2, -0.15) is 0 Å². The molecule has 0 saturated heterocycles. The summed E-state index contributed by atoms with van der Waals surface area (Å²) in [6, 6.07) is 7.14. The van der Waals surface area contributed by atoms with Gasteiger partial charge in [0.25, 0.3) is 5.91 Å². The number of amides is 1. The molecule has 4 heteroatoms. The molecule has 0 atom stereocenters. The van der Waals surface area contributed by atoms with Crippen LogP contribution in [-0.4, -0.2) is 12.6 Å². The van der Waals surface area contributed by atoms with Crippen LogP contribution in [0.25, 0.3) is 0 Å². The number of hydrogen-bond acceptors (Lipinski definition) is 2. The lowest BCUT2D eigenvalue weighted by molar-refractivity contribution is 0.0965. The number of hydrogen-bond donors (Lipinski definition) is 1. The van der Waals surface area contributed by atoms with Gasteiger partial charge in [0.2, 0.25) is 0 Å². The largest absolute Gasteiger partial charge is 0.307 e. The second kappa shape index (κ2) is 5.97. The molecule has 0 radical (unpaired) electrons. The van der Waals surface area contributed by atoms with Crippen LogP contribution >= 0.6 is 15.9 Å². The van der Waals surface area contributed by atoms with Crippen molar-refractivity contribution in [2.45, 2.75) is 12.8 Å². The Morgan fingerprint density at radius 1 is 1.37 bits per heavy atom. The van der Waals surface area contributed by atoms with Crippen LogP contribution in [0.1, 0.15) is 23.2 Å². The summed E-state index contributed by atoms with van der Waals surface area (Å²) in [6.45, 7) is 7.45. The van der Waals surface area contributed by atoms with E-state index < -0.39 is 0 Å². The lowest BCUT2D eigenvalue weighted by Gasteiger charge is -2.06. The third-order valence-electron chi connectivity index (χ3n) is 2.94. The second-order valence-corrected chi connectivity index (χ2v) is 5.41. The summed E-state index contributed by atoms with van der Waals surface area (Å²) in [5.41, 5.74) is 1.58. The van der Waals surface area contributed by atoms with Gasteiger partial charge >= 0.3 is 0 Å². The number of rotatable bonds is 5. The summed E-state index contributed by atoms with van der Waals surface area (Å²) in [5.74, 6) is 0.792. The Labute approximate surface area is 121 Å². The third-order valence-corrected chi connectivity index (χ3v) is 3.47. The number of aliphatic imine (C=N–C) groups is 1. The minimum Gasteiger partial charge on any atom is -0.307 e. The molecule has 3 nitrogen and oxygen atoms in total. The van der Waals surface area contributed by atoms with E-state index in [9.17, 15) is 4.79 Å². The molecule has 1 amide bonds. The van der Waals surface area contributed by atoms with E-state index in [1.807, 2.05) is 12.1 Å². The summed E-state index contributed by atoms with van der Waals surface area (Å²) in [6.07, 6.45) is 4.13. The van der Waals surface area contributed by atoms with Crippen molar-refractivity contribution in [1.29, 1.82) is 0 Å². The highest BCUT2D eigenvalue weighted by molar-refractivity contribution is 9.10. The van der Waals surface area contributed by atoms with Crippen molar-refractivity contribution in [3.63, 3.8) is 0 Å². The maximum absolute atomic E-state index is 12.0. The van der Waals surface area contributed by atoms with Crippen LogP contribution in [0.5, 0.6) is 0 Å². The molecule has 1 saturated carbocycles. The van der Waals surface area contributed by atoms with E-state index in [0.29, 0.717) is 17.3 Å². The summed E-state index contributed by atoms with van der Waals surface area (Å²) >= 11 is 3.33. The van der Waals surface area contributed by atoms with Crippen LogP contribution in [0.15, 0.2) is 57.8 Å². The molecule has 2 rings (SSSR count). The van der Waals surface area contributed by atoms with Crippen LogP contribution in [0, 0.1) is 5.92 Å². The number of nitrogens with zero attached hydrogens (tertiary/aromatic N) is 1. The normalized spacial score (nSPS) is 14.9. The molecular weight excluding hydrogens is 304 g/mol. The zero-order valence-electron chi connectivity index (χ0n) is 10.5. The van der Waals surface area contributed by atoms with Crippen molar-refractivity contribution in [3.05, 3.63) is 58.4 Å². The third kappa shape index (κ3) is 3.89. The summed E-state index contributed by atoms with van der Waals surface area (Å²) in [5, 5.41) is 2.73. The Morgan fingerprint density at radius 2 is 2.00 bits per heavy atom. The molecule has 1 fully saturated rings. The number of carbonyl (C=O) groups is 1. The van der Waals surface area contributed by atoms with Gasteiger partial charge in [-0.3, -0.25) is 4.79 Å². The predicted octanol–water partition coefficient (Wildman–Crippen LogP) is 3.69. The molecule has 1 aromatic carbocycles. The van der Waals surface area contributed by atoms with E-state index in [4.69, 9.17) is 0 Å². The van der Waals surface area contributed by atoms with Gasteiger partial charge in [0.05, 0.1) is 0 Å². The second-order valence-electron chi connectivity index (χ2n) is 4.50. The highest BCUT2D eigenvalue weighted by atomic mass is 79.9. The fraction of sp³-hybridized carbons (Fsp3) is 0.200. The number of allylic oxidation sites excluding steroid dienone is 2. The lowest BCUT2D eigenvalue weighted by atomic mass is 10.2. The molecule has 0 aliphatic heterocycles. The molecular formula is C15H15BrN2O. The van der Waals surface area contributed by atoms with Crippen molar-refractivity contribution in [3.8, 4) is 0 Å².